The van der Waals surface area contributed by atoms with Gasteiger partial charge in [-0.25, -0.2) is 4.79 Å². The van der Waals surface area contributed by atoms with Crippen LogP contribution in [0.1, 0.15) is 33.3 Å². The SMILES string of the molecule is C[C@@H](O)[C@H]1C(=O)N(C(C(=O)O)=C(Oc2ccc(C#N)cc2)SC(=O)C(C)(C)C)[C@H]1Cl. The van der Waals surface area contributed by atoms with Gasteiger partial charge in [-0.05, 0) is 43.0 Å². The lowest BCUT2D eigenvalue weighted by atomic mass is 9.92. The molecule has 1 aromatic rings. The zero-order valence-electron chi connectivity index (χ0n) is 16.7. The van der Waals surface area contributed by atoms with Gasteiger partial charge in [0.25, 0.3) is 0 Å². The van der Waals surface area contributed by atoms with E-state index in [0.717, 1.165) is 4.90 Å². The highest BCUT2D eigenvalue weighted by atomic mass is 35.5. The summed E-state index contributed by atoms with van der Waals surface area (Å²) in [5.74, 6) is -3.01. The second-order valence-corrected chi connectivity index (χ2v) is 9.06. The Hall–Kier alpha value is -2.54. The highest BCUT2D eigenvalue weighted by Crippen LogP contribution is 2.40. The zero-order chi connectivity index (χ0) is 22.8. The molecule has 1 saturated heterocycles. The van der Waals surface area contributed by atoms with Gasteiger partial charge in [-0.3, -0.25) is 14.5 Å². The average Bonchev–Trinajstić information content (AvgIpc) is 2.64. The molecule has 30 heavy (non-hydrogen) atoms. The van der Waals surface area contributed by atoms with Crippen LogP contribution in [-0.4, -0.2) is 43.7 Å². The smallest absolute Gasteiger partial charge is 0.357 e. The second kappa shape index (κ2) is 9.08. The highest BCUT2D eigenvalue weighted by molar-refractivity contribution is 8.16. The summed E-state index contributed by atoms with van der Waals surface area (Å²) in [5, 5.41) is 27.7. The third-order valence-corrected chi connectivity index (χ3v) is 5.94. The van der Waals surface area contributed by atoms with E-state index in [1.165, 1.54) is 31.2 Å². The fraction of sp³-hybridized carbons (Fsp3) is 0.400. The van der Waals surface area contributed by atoms with Crippen LogP contribution in [0.15, 0.2) is 35.1 Å². The molecule has 0 unspecified atom stereocenters. The van der Waals surface area contributed by atoms with Crippen LogP contribution in [0.5, 0.6) is 5.75 Å². The summed E-state index contributed by atoms with van der Waals surface area (Å²) in [6, 6.07) is 7.76. The summed E-state index contributed by atoms with van der Waals surface area (Å²) < 4.78 is 5.67. The Bertz CT molecular complexity index is 930. The number of carboxylic acid groups (broad SMARTS) is 1. The first kappa shape index (κ1) is 23.7. The predicted octanol–water partition coefficient (Wildman–Crippen LogP) is 2.90. The van der Waals surface area contributed by atoms with E-state index in [-0.39, 0.29) is 10.8 Å². The van der Waals surface area contributed by atoms with Crippen molar-refractivity contribution in [1.82, 2.24) is 4.90 Å². The summed E-state index contributed by atoms with van der Waals surface area (Å²) in [7, 11) is 0. The third kappa shape index (κ3) is 4.95. The Morgan fingerprint density at radius 3 is 2.27 bits per heavy atom. The van der Waals surface area contributed by atoms with Crippen LogP contribution in [0, 0.1) is 22.7 Å². The van der Waals surface area contributed by atoms with Gasteiger partial charge in [-0.15, -0.1) is 0 Å². The molecule has 0 bridgehead atoms. The van der Waals surface area contributed by atoms with Crippen molar-refractivity contribution in [2.45, 2.75) is 39.3 Å². The summed E-state index contributed by atoms with van der Waals surface area (Å²) in [6.07, 6.45) is -1.07. The number of aliphatic hydroxyl groups is 1. The number of ether oxygens (including phenoxy) is 1. The molecule has 0 aromatic heterocycles. The number of thioether (sulfide) groups is 1. The topological polar surface area (TPSA) is 128 Å². The lowest BCUT2D eigenvalue weighted by Crippen LogP contribution is -2.62. The molecule has 160 valence electrons. The zero-order valence-corrected chi connectivity index (χ0v) is 18.3. The summed E-state index contributed by atoms with van der Waals surface area (Å²) in [4.78, 5) is 37.9. The molecule has 1 amide bonds. The van der Waals surface area contributed by atoms with Crippen LogP contribution in [0.2, 0.25) is 0 Å². The number of alkyl halides is 1. The Morgan fingerprint density at radius 2 is 1.87 bits per heavy atom. The van der Waals surface area contributed by atoms with Crippen LogP contribution in [0.3, 0.4) is 0 Å². The van der Waals surface area contributed by atoms with Gasteiger partial charge >= 0.3 is 5.97 Å². The summed E-state index contributed by atoms with van der Waals surface area (Å²) >= 11 is 6.73. The number of benzene rings is 1. The van der Waals surface area contributed by atoms with Gasteiger partial charge in [0.2, 0.25) is 11.0 Å². The van der Waals surface area contributed by atoms with Crippen LogP contribution >= 0.6 is 23.4 Å². The number of likely N-dealkylation sites (tertiary alicyclic amines) is 1. The maximum Gasteiger partial charge on any atom is 0.357 e. The quantitative estimate of drug-likeness (QED) is 0.222. The molecule has 10 heteroatoms. The molecule has 0 saturated carbocycles. The summed E-state index contributed by atoms with van der Waals surface area (Å²) in [5.41, 5.74) is -2.17. The van der Waals surface area contributed by atoms with Gasteiger partial charge in [0.1, 0.15) is 11.3 Å². The number of carbonyl (C=O) groups excluding carboxylic acids is 2. The second-order valence-electron chi connectivity index (χ2n) is 7.67. The third-order valence-electron chi connectivity index (χ3n) is 4.21. The minimum atomic E-state index is -1.52. The fourth-order valence-electron chi connectivity index (χ4n) is 2.50. The van der Waals surface area contributed by atoms with Crippen LogP contribution < -0.4 is 4.74 Å². The van der Waals surface area contributed by atoms with Gasteiger partial charge < -0.3 is 14.9 Å². The van der Waals surface area contributed by atoms with Gasteiger partial charge in [0.15, 0.2) is 10.8 Å². The Kier molecular flexibility index (Phi) is 7.18. The molecule has 1 aromatic carbocycles. The minimum absolute atomic E-state index is 0.170. The molecular weight excluding hydrogens is 432 g/mol. The first-order valence-electron chi connectivity index (χ1n) is 8.91. The number of carbonyl (C=O) groups is 3. The Balaban J connectivity index is 2.53. The molecule has 2 rings (SSSR count). The van der Waals surface area contributed by atoms with Gasteiger partial charge in [-0.2, -0.15) is 5.26 Å². The number of hydrogen-bond donors (Lipinski definition) is 2. The molecule has 1 fully saturated rings. The van der Waals surface area contributed by atoms with Crippen LogP contribution in [0.25, 0.3) is 0 Å². The maximum absolute atomic E-state index is 12.6. The van der Waals surface area contributed by atoms with Crippen molar-refractivity contribution in [3.63, 3.8) is 0 Å². The lowest BCUT2D eigenvalue weighted by Gasteiger charge is -2.44. The molecule has 2 N–H and O–H groups in total. The molecule has 1 aliphatic rings. The monoisotopic (exact) mass is 452 g/mol. The van der Waals surface area contributed by atoms with Gasteiger partial charge in [0, 0.05) is 5.41 Å². The van der Waals surface area contributed by atoms with Crippen molar-refractivity contribution in [1.29, 1.82) is 5.26 Å². The molecule has 3 atom stereocenters. The number of hydrogen-bond acceptors (Lipinski definition) is 7. The van der Waals surface area contributed by atoms with E-state index in [1.807, 2.05) is 6.07 Å². The molecule has 0 spiro atoms. The number of carboxylic acids is 1. The minimum Gasteiger partial charge on any atom is -0.476 e. The van der Waals surface area contributed by atoms with E-state index in [1.54, 1.807) is 20.8 Å². The van der Waals surface area contributed by atoms with Crippen molar-refractivity contribution in [3.8, 4) is 11.8 Å². The Labute approximate surface area is 183 Å². The van der Waals surface area contributed by atoms with Crippen LogP contribution in [0.4, 0.5) is 0 Å². The number of β-lactam (4-membered cyclic amide) rings is 1. The van der Waals surface area contributed by atoms with Crippen molar-refractivity contribution in [2.24, 2.45) is 11.3 Å². The number of aliphatic hydroxyl groups excluding tert-OH is 1. The highest BCUT2D eigenvalue weighted by Gasteiger charge is 2.53. The first-order valence-corrected chi connectivity index (χ1v) is 10.2. The van der Waals surface area contributed by atoms with Gasteiger partial charge in [-0.1, -0.05) is 32.4 Å². The van der Waals surface area contributed by atoms with Crippen LogP contribution in [-0.2, 0) is 14.4 Å². The molecule has 0 aliphatic carbocycles. The standard InChI is InChI=1S/C20H21ClN2O6S/c1-10(24)13-15(21)23(16(13)25)14(17(26)27)18(30-19(28)20(2,3)4)29-12-7-5-11(9-22)6-8-12/h5-8,10,13,15,24H,1-4H3,(H,26,27)/t10-,13-,15-/m1/s1. The van der Waals surface area contributed by atoms with E-state index < -0.39 is 45.6 Å². The fourth-order valence-corrected chi connectivity index (χ4v) is 3.90. The van der Waals surface area contributed by atoms with E-state index in [0.29, 0.717) is 17.3 Å². The van der Waals surface area contributed by atoms with E-state index >= 15 is 0 Å². The number of nitrogens with zero attached hydrogens (tertiary/aromatic N) is 2. The number of amides is 1. The van der Waals surface area contributed by atoms with Gasteiger partial charge in [0.05, 0.1) is 23.7 Å². The summed E-state index contributed by atoms with van der Waals surface area (Å²) in [6.45, 7) is 6.35. The molecule has 1 heterocycles. The van der Waals surface area contributed by atoms with E-state index in [9.17, 15) is 24.6 Å². The van der Waals surface area contributed by atoms with Crippen molar-refractivity contribution < 1.29 is 29.3 Å². The normalized spacial score (nSPS) is 20.6. The number of nitriles is 1. The average molecular weight is 453 g/mol. The number of rotatable bonds is 6. The first-order chi connectivity index (χ1) is 13.9. The molecule has 0 radical (unpaired) electrons. The maximum atomic E-state index is 12.6. The van der Waals surface area contributed by atoms with E-state index in [4.69, 9.17) is 21.6 Å². The number of halogens is 1. The number of aliphatic carboxylic acids is 1. The lowest BCUT2D eigenvalue weighted by molar-refractivity contribution is -0.158. The van der Waals surface area contributed by atoms with Crippen molar-refractivity contribution in [2.75, 3.05) is 0 Å². The van der Waals surface area contributed by atoms with E-state index in [2.05, 4.69) is 0 Å². The van der Waals surface area contributed by atoms with Crippen molar-refractivity contribution in [3.05, 3.63) is 40.6 Å². The van der Waals surface area contributed by atoms with Crippen molar-refractivity contribution >= 4 is 40.4 Å². The molecular formula is C20H21ClN2O6S. The largest absolute Gasteiger partial charge is 0.476 e. The predicted molar refractivity (Wildman–Crippen MR) is 110 cm³/mol. The Morgan fingerprint density at radius 1 is 1.30 bits per heavy atom. The molecule has 1 aliphatic heterocycles. The molecule has 8 nitrogen and oxygen atoms in total.